The van der Waals surface area contributed by atoms with Crippen molar-refractivity contribution in [2.45, 2.75) is 44.5 Å². The summed E-state index contributed by atoms with van der Waals surface area (Å²) in [6.07, 6.45) is 0.0292. The Morgan fingerprint density at radius 3 is 2.22 bits per heavy atom. The van der Waals surface area contributed by atoms with Gasteiger partial charge in [0.15, 0.2) is 17.4 Å². The number of rotatable bonds is 3. The fraction of sp³-hybridized carbons (Fsp3) is 0.476. The van der Waals surface area contributed by atoms with Gasteiger partial charge in [0.05, 0.1) is 31.2 Å². The Labute approximate surface area is 157 Å². The van der Waals surface area contributed by atoms with Crippen molar-refractivity contribution in [1.29, 1.82) is 0 Å². The van der Waals surface area contributed by atoms with E-state index in [0.717, 1.165) is 0 Å². The van der Waals surface area contributed by atoms with Crippen LogP contribution < -0.4 is 0 Å². The lowest BCUT2D eigenvalue weighted by Gasteiger charge is -2.40. The van der Waals surface area contributed by atoms with E-state index in [9.17, 15) is 19.5 Å². The average molecular weight is 370 g/mol. The van der Waals surface area contributed by atoms with Crippen LogP contribution in [0.5, 0.6) is 0 Å². The molecule has 0 radical (unpaired) electrons. The van der Waals surface area contributed by atoms with E-state index < -0.39 is 17.3 Å². The first-order chi connectivity index (χ1) is 12.7. The summed E-state index contributed by atoms with van der Waals surface area (Å²) in [6.45, 7) is 4.09. The standard InChI is InChI=1S/C21H22O6/c1-20(25)10-15-14(18(23)12-5-3-4-6-13(12)19(15)24)9-16(20)17(22)11-21(2)26-7-8-27-21/h3-6,16,25H,7-11H2,1-2H3. The van der Waals surface area contributed by atoms with Crippen LogP contribution in [-0.4, -0.2) is 47.1 Å². The zero-order chi connectivity index (χ0) is 19.4. The fourth-order valence-electron chi connectivity index (χ4n) is 4.35. The first-order valence-electron chi connectivity index (χ1n) is 9.15. The maximum atomic E-state index is 12.9. The Bertz CT molecular complexity index is 872. The molecule has 1 saturated heterocycles. The largest absolute Gasteiger partial charge is 0.389 e. The van der Waals surface area contributed by atoms with Crippen molar-refractivity contribution in [1.82, 2.24) is 0 Å². The van der Waals surface area contributed by atoms with Crippen molar-refractivity contribution in [3.8, 4) is 0 Å². The van der Waals surface area contributed by atoms with Gasteiger partial charge < -0.3 is 14.6 Å². The van der Waals surface area contributed by atoms with Gasteiger partial charge in [0.1, 0.15) is 5.78 Å². The van der Waals surface area contributed by atoms with Crippen molar-refractivity contribution >= 4 is 17.3 Å². The number of aliphatic hydroxyl groups is 1. The molecule has 2 aliphatic carbocycles. The summed E-state index contributed by atoms with van der Waals surface area (Å²) in [5.74, 6) is -2.48. The number of benzene rings is 1. The Morgan fingerprint density at radius 1 is 1.07 bits per heavy atom. The molecule has 0 aromatic heterocycles. The SMILES string of the molecule is CC1(CC(=O)C2CC3=C(CC2(C)O)C(=O)c2ccccc2C3=O)OCCO1. The third-order valence-corrected chi connectivity index (χ3v) is 5.80. The van der Waals surface area contributed by atoms with Gasteiger partial charge in [0.2, 0.25) is 0 Å². The van der Waals surface area contributed by atoms with Gasteiger partial charge >= 0.3 is 0 Å². The summed E-state index contributed by atoms with van der Waals surface area (Å²) in [4.78, 5) is 38.7. The van der Waals surface area contributed by atoms with E-state index >= 15 is 0 Å². The van der Waals surface area contributed by atoms with E-state index in [1.165, 1.54) is 0 Å². The molecule has 0 saturated carbocycles. The molecule has 1 aromatic carbocycles. The second kappa shape index (κ2) is 6.19. The van der Waals surface area contributed by atoms with Gasteiger partial charge in [-0.1, -0.05) is 24.3 Å². The molecule has 1 aliphatic heterocycles. The topological polar surface area (TPSA) is 89.9 Å². The molecule has 0 spiro atoms. The number of allylic oxidation sites excluding steroid dienone is 1. The average Bonchev–Trinajstić information content (AvgIpc) is 3.04. The Hall–Kier alpha value is -2.15. The number of fused-ring (bicyclic) bond motifs is 1. The molecule has 1 N–H and O–H groups in total. The van der Waals surface area contributed by atoms with Crippen molar-refractivity contribution in [3.63, 3.8) is 0 Å². The predicted octanol–water partition coefficient (Wildman–Crippen LogP) is 2.25. The van der Waals surface area contributed by atoms with Crippen LogP contribution in [0, 0.1) is 5.92 Å². The lowest BCUT2D eigenvalue weighted by molar-refractivity contribution is -0.165. The molecule has 27 heavy (non-hydrogen) atoms. The summed E-state index contributed by atoms with van der Waals surface area (Å²) in [5.41, 5.74) is -0.00701. The number of hydrogen-bond donors (Lipinski definition) is 1. The van der Waals surface area contributed by atoms with Gasteiger partial charge in [-0.2, -0.15) is 0 Å². The van der Waals surface area contributed by atoms with Gasteiger partial charge in [-0.05, 0) is 20.3 Å². The Kier molecular flexibility index (Phi) is 4.18. The maximum Gasteiger partial charge on any atom is 0.190 e. The highest BCUT2D eigenvalue weighted by Gasteiger charge is 2.49. The van der Waals surface area contributed by atoms with Crippen molar-refractivity contribution in [3.05, 3.63) is 46.5 Å². The molecule has 1 aromatic rings. The van der Waals surface area contributed by atoms with Gasteiger partial charge in [0, 0.05) is 28.7 Å². The van der Waals surface area contributed by atoms with E-state index in [1.54, 1.807) is 38.1 Å². The van der Waals surface area contributed by atoms with Crippen LogP contribution in [0.25, 0.3) is 0 Å². The summed E-state index contributed by atoms with van der Waals surface area (Å²) in [7, 11) is 0. The number of carbonyl (C=O) groups is 3. The molecule has 2 atom stereocenters. The monoisotopic (exact) mass is 370 g/mol. The van der Waals surface area contributed by atoms with Crippen molar-refractivity contribution in [2.75, 3.05) is 13.2 Å². The quantitative estimate of drug-likeness (QED) is 0.878. The van der Waals surface area contributed by atoms with Crippen LogP contribution in [0.15, 0.2) is 35.4 Å². The van der Waals surface area contributed by atoms with Crippen molar-refractivity contribution in [2.24, 2.45) is 5.92 Å². The molecular weight excluding hydrogens is 348 g/mol. The van der Waals surface area contributed by atoms with E-state index in [0.29, 0.717) is 35.5 Å². The zero-order valence-corrected chi connectivity index (χ0v) is 15.4. The number of hydrogen-bond acceptors (Lipinski definition) is 6. The molecule has 4 rings (SSSR count). The van der Waals surface area contributed by atoms with Gasteiger partial charge in [-0.3, -0.25) is 14.4 Å². The summed E-state index contributed by atoms with van der Waals surface area (Å²) in [5, 5.41) is 11.0. The highest BCUT2D eigenvalue weighted by molar-refractivity contribution is 6.27. The Balaban J connectivity index is 1.66. The third kappa shape index (κ3) is 2.98. The molecule has 1 fully saturated rings. The normalized spacial score (nSPS) is 29.5. The highest BCUT2D eigenvalue weighted by Crippen LogP contribution is 2.44. The van der Waals surface area contributed by atoms with Gasteiger partial charge in [0.25, 0.3) is 0 Å². The third-order valence-electron chi connectivity index (χ3n) is 5.80. The minimum Gasteiger partial charge on any atom is -0.389 e. The zero-order valence-electron chi connectivity index (χ0n) is 15.4. The smallest absolute Gasteiger partial charge is 0.190 e. The Morgan fingerprint density at radius 2 is 1.63 bits per heavy atom. The van der Waals surface area contributed by atoms with Crippen LogP contribution in [0.4, 0.5) is 0 Å². The van der Waals surface area contributed by atoms with Crippen LogP contribution >= 0.6 is 0 Å². The first kappa shape index (κ1) is 18.2. The van der Waals surface area contributed by atoms with Crippen LogP contribution in [0.2, 0.25) is 0 Å². The number of ketones is 3. The molecular formula is C21H22O6. The minimum atomic E-state index is -1.41. The number of carbonyl (C=O) groups excluding carboxylic acids is 3. The van der Waals surface area contributed by atoms with Crippen LogP contribution in [-0.2, 0) is 14.3 Å². The first-order valence-corrected chi connectivity index (χ1v) is 9.15. The molecule has 6 heteroatoms. The molecule has 2 unspecified atom stereocenters. The second-order valence-electron chi connectivity index (χ2n) is 7.93. The predicted molar refractivity (Wildman–Crippen MR) is 95.4 cm³/mol. The van der Waals surface area contributed by atoms with Crippen molar-refractivity contribution < 1.29 is 29.0 Å². The lowest BCUT2D eigenvalue weighted by atomic mass is 9.66. The summed E-state index contributed by atoms with van der Waals surface area (Å²) >= 11 is 0. The molecule has 0 bridgehead atoms. The molecule has 1 heterocycles. The van der Waals surface area contributed by atoms with Gasteiger partial charge in [-0.15, -0.1) is 0 Å². The van der Waals surface area contributed by atoms with Crippen LogP contribution in [0.1, 0.15) is 53.8 Å². The lowest BCUT2D eigenvalue weighted by Crippen LogP contribution is -2.47. The molecule has 142 valence electrons. The van der Waals surface area contributed by atoms with Crippen LogP contribution in [0.3, 0.4) is 0 Å². The maximum absolute atomic E-state index is 12.9. The molecule has 6 nitrogen and oxygen atoms in total. The fourth-order valence-corrected chi connectivity index (χ4v) is 4.35. The minimum absolute atomic E-state index is 0.00481. The van der Waals surface area contributed by atoms with Gasteiger partial charge in [-0.25, -0.2) is 0 Å². The second-order valence-corrected chi connectivity index (χ2v) is 7.93. The number of Topliss-reactive ketones (excluding diaryl/α,β-unsaturated/α-hetero) is 3. The number of ether oxygens (including phenoxy) is 2. The summed E-state index contributed by atoms with van der Waals surface area (Å²) in [6, 6.07) is 6.68. The summed E-state index contributed by atoms with van der Waals surface area (Å²) < 4.78 is 11.0. The highest BCUT2D eigenvalue weighted by atomic mass is 16.7. The van der Waals surface area contributed by atoms with E-state index in [4.69, 9.17) is 9.47 Å². The van der Waals surface area contributed by atoms with E-state index in [2.05, 4.69) is 0 Å². The van der Waals surface area contributed by atoms with E-state index in [1.807, 2.05) is 0 Å². The van der Waals surface area contributed by atoms with E-state index in [-0.39, 0.29) is 36.6 Å². The molecule has 3 aliphatic rings. The molecule has 0 amide bonds.